The molecule has 1 heterocycles. The number of benzene rings is 1. The SMILES string of the molecule is CNC(C)CNC(=O)Cc1cc2c(cc1[N+](=O)[O-])OCCO2.Cl. The molecule has 1 amide bonds. The molecule has 8 nitrogen and oxygen atoms in total. The molecule has 0 radical (unpaired) electrons. The minimum Gasteiger partial charge on any atom is -0.486 e. The van der Waals surface area contributed by atoms with Gasteiger partial charge in [-0.05, 0) is 20.0 Å². The van der Waals surface area contributed by atoms with Crippen LogP contribution >= 0.6 is 12.4 Å². The Kier molecular flexibility index (Phi) is 7.05. The Morgan fingerprint density at radius 3 is 2.52 bits per heavy atom. The Morgan fingerprint density at radius 2 is 1.96 bits per heavy atom. The molecule has 128 valence electrons. The maximum absolute atomic E-state index is 11.9. The summed E-state index contributed by atoms with van der Waals surface area (Å²) in [5, 5.41) is 16.9. The first-order valence-electron chi connectivity index (χ1n) is 7.02. The number of nitro groups is 1. The minimum atomic E-state index is -0.517. The van der Waals surface area contributed by atoms with Crippen molar-refractivity contribution in [3.05, 3.63) is 27.8 Å². The molecular formula is C14H20ClN3O5. The van der Waals surface area contributed by atoms with Crippen molar-refractivity contribution in [2.75, 3.05) is 26.8 Å². The smallest absolute Gasteiger partial charge is 0.277 e. The quantitative estimate of drug-likeness (QED) is 0.590. The molecule has 1 aliphatic heterocycles. The Labute approximate surface area is 140 Å². The van der Waals surface area contributed by atoms with E-state index < -0.39 is 4.92 Å². The van der Waals surface area contributed by atoms with Gasteiger partial charge in [-0.1, -0.05) is 0 Å². The normalized spacial score (nSPS) is 13.7. The van der Waals surface area contributed by atoms with Crippen molar-refractivity contribution in [1.82, 2.24) is 10.6 Å². The Balaban J connectivity index is 0.00000264. The van der Waals surface area contributed by atoms with Gasteiger partial charge in [-0.3, -0.25) is 14.9 Å². The molecule has 1 atom stereocenters. The summed E-state index contributed by atoms with van der Waals surface area (Å²) in [5.74, 6) is 0.496. The zero-order valence-electron chi connectivity index (χ0n) is 13.0. The number of hydrogen-bond acceptors (Lipinski definition) is 6. The van der Waals surface area contributed by atoms with E-state index in [9.17, 15) is 14.9 Å². The van der Waals surface area contributed by atoms with E-state index in [1.54, 1.807) is 7.05 Å². The van der Waals surface area contributed by atoms with Gasteiger partial charge in [-0.2, -0.15) is 0 Å². The number of ether oxygens (including phenoxy) is 2. The third-order valence-electron chi connectivity index (χ3n) is 3.39. The van der Waals surface area contributed by atoms with E-state index in [4.69, 9.17) is 9.47 Å². The van der Waals surface area contributed by atoms with Crippen LogP contribution in [0.2, 0.25) is 0 Å². The highest BCUT2D eigenvalue weighted by atomic mass is 35.5. The van der Waals surface area contributed by atoms with Gasteiger partial charge < -0.3 is 20.1 Å². The zero-order valence-corrected chi connectivity index (χ0v) is 13.8. The summed E-state index contributed by atoms with van der Waals surface area (Å²) in [6.07, 6.45) is -0.0800. The number of carbonyl (C=O) groups is 1. The number of rotatable bonds is 6. The van der Waals surface area contributed by atoms with Crippen LogP contribution in [-0.4, -0.2) is 43.7 Å². The third-order valence-corrected chi connectivity index (χ3v) is 3.39. The van der Waals surface area contributed by atoms with E-state index in [-0.39, 0.29) is 36.5 Å². The minimum absolute atomic E-state index is 0. The lowest BCUT2D eigenvalue weighted by Gasteiger charge is -2.19. The lowest BCUT2D eigenvalue weighted by Crippen LogP contribution is -2.37. The topological polar surface area (TPSA) is 103 Å². The number of likely N-dealkylation sites (N-methyl/N-ethyl adjacent to an activating group) is 1. The van der Waals surface area contributed by atoms with Crippen LogP contribution in [0, 0.1) is 10.1 Å². The van der Waals surface area contributed by atoms with Crippen LogP contribution in [0.1, 0.15) is 12.5 Å². The fourth-order valence-corrected chi connectivity index (χ4v) is 2.04. The third kappa shape index (κ3) is 4.97. The molecule has 2 rings (SSSR count). The maximum atomic E-state index is 11.9. The van der Waals surface area contributed by atoms with Gasteiger partial charge in [0.15, 0.2) is 11.5 Å². The molecule has 1 aromatic carbocycles. The van der Waals surface area contributed by atoms with Gasteiger partial charge in [-0.25, -0.2) is 0 Å². The van der Waals surface area contributed by atoms with Crippen molar-refractivity contribution >= 4 is 24.0 Å². The molecular weight excluding hydrogens is 326 g/mol. The van der Waals surface area contributed by atoms with Gasteiger partial charge >= 0.3 is 0 Å². The number of nitrogens with one attached hydrogen (secondary N) is 2. The lowest BCUT2D eigenvalue weighted by atomic mass is 10.1. The number of nitro benzene ring substituents is 1. The summed E-state index contributed by atoms with van der Waals surface area (Å²) in [7, 11) is 1.79. The van der Waals surface area contributed by atoms with Crippen LogP contribution in [0.4, 0.5) is 5.69 Å². The van der Waals surface area contributed by atoms with E-state index in [0.717, 1.165) is 0 Å². The van der Waals surface area contributed by atoms with Gasteiger partial charge in [0.1, 0.15) is 13.2 Å². The lowest BCUT2D eigenvalue weighted by molar-refractivity contribution is -0.385. The largest absolute Gasteiger partial charge is 0.486 e. The van der Waals surface area contributed by atoms with E-state index in [0.29, 0.717) is 36.8 Å². The fraction of sp³-hybridized carbons (Fsp3) is 0.500. The molecule has 0 saturated heterocycles. The number of carbonyl (C=O) groups excluding carboxylic acids is 1. The van der Waals surface area contributed by atoms with Crippen LogP contribution in [0.15, 0.2) is 12.1 Å². The molecule has 23 heavy (non-hydrogen) atoms. The molecule has 1 aromatic rings. The van der Waals surface area contributed by atoms with E-state index in [2.05, 4.69) is 10.6 Å². The van der Waals surface area contributed by atoms with Crippen LogP contribution in [0.3, 0.4) is 0 Å². The van der Waals surface area contributed by atoms with Crippen molar-refractivity contribution in [1.29, 1.82) is 0 Å². The predicted octanol–water partition coefficient (Wildman–Crippen LogP) is 1.05. The van der Waals surface area contributed by atoms with Crippen LogP contribution in [0.5, 0.6) is 11.5 Å². The number of nitrogens with zero attached hydrogens (tertiary/aromatic N) is 1. The highest BCUT2D eigenvalue weighted by Gasteiger charge is 2.23. The second-order valence-corrected chi connectivity index (χ2v) is 5.05. The van der Waals surface area contributed by atoms with Gasteiger partial charge in [0.25, 0.3) is 5.69 Å². The van der Waals surface area contributed by atoms with Crippen LogP contribution in [-0.2, 0) is 11.2 Å². The molecule has 9 heteroatoms. The summed E-state index contributed by atoms with van der Waals surface area (Å²) in [5.41, 5.74) is 0.171. The predicted molar refractivity (Wildman–Crippen MR) is 86.6 cm³/mol. The van der Waals surface area contributed by atoms with Crippen molar-refractivity contribution in [2.45, 2.75) is 19.4 Å². The summed E-state index contributed by atoms with van der Waals surface area (Å²) >= 11 is 0. The fourth-order valence-electron chi connectivity index (χ4n) is 2.04. The monoisotopic (exact) mass is 345 g/mol. The number of amides is 1. The summed E-state index contributed by atoms with van der Waals surface area (Å²) < 4.78 is 10.7. The van der Waals surface area contributed by atoms with Crippen molar-refractivity contribution in [3.8, 4) is 11.5 Å². The first-order valence-corrected chi connectivity index (χ1v) is 7.02. The Bertz CT molecular complexity index is 582. The van der Waals surface area contributed by atoms with E-state index in [1.165, 1.54) is 12.1 Å². The van der Waals surface area contributed by atoms with Gasteiger partial charge in [-0.15, -0.1) is 12.4 Å². The summed E-state index contributed by atoms with van der Waals surface area (Å²) in [6, 6.07) is 2.94. The second kappa shape index (κ2) is 8.54. The average molecular weight is 346 g/mol. The van der Waals surface area contributed by atoms with Gasteiger partial charge in [0, 0.05) is 18.2 Å². The number of fused-ring (bicyclic) bond motifs is 1. The maximum Gasteiger partial charge on any atom is 0.277 e. The standard InChI is InChI=1S/C14H19N3O5.ClH/c1-9(15-2)8-16-14(18)6-10-5-12-13(22-4-3-21-12)7-11(10)17(19)20;/h5,7,9,15H,3-4,6,8H2,1-2H3,(H,16,18);1H. The first kappa shape index (κ1) is 19.0. The highest BCUT2D eigenvalue weighted by molar-refractivity contribution is 5.85. The van der Waals surface area contributed by atoms with Crippen LogP contribution < -0.4 is 20.1 Å². The summed E-state index contributed by atoms with van der Waals surface area (Å²) in [4.78, 5) is 22.6. The van der Waals surface area contributed by atoms with Crippen molar-refractivity contribution < 1.29 is 19.2 Å². The Morgan fingerprint density at radius 1 is 1.35 bits per heavy atom. The van der Waals surface area contributed by atoms with E-state index >= 15 is 0 Å². The molecule has 0 aromatic heterocycles. The zero-order chi connectivity index (χ0) is 16.1. The molecule has 0 aliphatic carbocycles. The highest BCUT2D eigenvalue weighted by Crippen LogP contribution is 2.36. The molecule has 2 N–H and O–H groups in total. The molecule has 0 bridgehead atoms. The first-order chi connectivity index (χ1) is 10.5. The molecule has 1 aliphatic rings. The number of halogens is 1. The molecule has 0 fully saturated rings. The molecule has 1 unspecified atom stereocenters. The average Bonchev–Trinajstić information content (AvgIpc) is 2.51. The second-order valence-electron chi connectivity index (χ2n) is 5.05. The van der Waals surface area contributed by atoms with E-state index in [1.807, 2.05) is 6.92 Å². The Hall–Kier alpha value is -2.06. The molecule has 0 saturated carbocycles. The van der Waals surface area contributed by atoms with Crippen LogP contribution in [0.25, 0.3) is 0 Å². The number of hydrogen-bond donors (Lipinski definition) is 2. The van der Waals surface area contributed by atoms with Gasteiger partial charge in [0.05, 0.1) is 17.4 Å². The van der Waals surface area contributed by atoms with Crippen molar-refractivity contribution in [2.24, 2.45) is 0 Å². The van der Waals surface area contributed by atoms with Crippen molar-refractivity contribution in [3.63, 3.8) is 0 Å². The molecule has 0 spiro atoms. The summed E-state index contributed by atoms with van der Waals surface area (Å²) in [6.45, 7) is 3.11. The van der Waals surface area contributed by atoms with Gasteiger partial charge in [0.2, 0.25) is 5.91 Å².